The van der Waals surface area contributed by atoms with E-state index in [1.807, 2.05) is 0 Å². The van der Waals surface area contributed by atoms with Crippen molar-refractivity contribution >= 4 is 42.2 Å². The molecule has 18 heavy (non-hydrogen) atoms. The number of hydrogen-bond acceptors (Lipinski definition) is 4. The number of halogens is 2. The number of aliphatic hydroxyl groups excluding tert-OH is 1. The summed E-state index contributed by atoms with van der Waals surface area (Å²) in [4.78, 5) is 12.7. The Morgan fingerprint density at radius 1 is 1.28 bits per heavy atom. The molecule has 5 nitrogen and oxygen atoms in total. The molecular weight excluding hydrogens is 279 g/mol. The second kappa shape index (κ2) is 6.68. The summed E-state index contributed by atoms with van der Waals surface area (Å²) < 4.78 is 0. The van der Waals surface area contributed by atoms with Crippen LogP contribution in [0.1, 0.15) is 6.42 Å². The monoisotopic (exact) mass is 294 g/mol. The van der Waals surface area contributed by atoms with Gasteiger partial charge in [0.25, 0.3) is 0 Å². The lowest BCUT2D eigenvalue weighted by Crippen LogP contribution is -2.41. The number of nitrogens with zero attached hydrogens (tertiary/aromatic N) is 1. The van der Waals surface area contributed by atoms with Gasteiger partial charge in [0.15, 0.2) is 6.04 Å². The number of benzene rings is 1. The van der Waals surface area contributed by atoms with Crippen molar-refractivity contribution in [1.82, 2.24) is 0 Å². The smallest absolute Gasteiger partial charge is 0.329 e. The van der Waals surface area contributed by atoms with Crippen LogP contribution in [0.2, 0.25) is 0 Å². The predicted octanol–water partition coefficient (Wildman–Crippen LogP) is 1.14. The minimum atomic E-state index is -0.998. The average Bonchev–Trinajstić information content (AvgIpc) is 2.61. The van der Waals surface area contributed by atoms with Gasteiger partial charge in [-0.1, -0.05) is 0 Å². The minimum Gasteiger partial charge on any atom is -0.480 e. The Kier molecular flexibility index (Phi) is 6.25. The Bertz CT molecular complexity index is 400. The summed E-state index contributed by atoms with van der Waals surface area (Å²) in [5, 5.41) is 18.6. The molecule has 0 aromatic heterocycles. The van der Waals surface area contributed by atoms with Gasteiger partial charge in [-0.3, -0.25) is 0 Å². The van der Waals surface area contributed by atoms with Crippen LogP contribution in [0.15, 0.2) is 24.3 Å². The SMILES string of the molecule is Cl.Cl.Nc1ccc(N2CCC(O)C2C(=O)O)cc1. The van der Waals surface area contributed by atoms with Crippen LogP contribution < -0.4 is 10.6 Å². The van der Waals surface area contributed by atoms with Crippen LogP contribution in [0.3, 0.4) is 0 Å². The number of carboxylic acid groups (broad SMARTS) is 1. The summed E-state index contributed by atoms with van der Waals surface area (Å²) in [6.07, 6.45) is -0.337. The first-order chi connectivity index (χ1) is 7.59. The van der Waals surface area contributed by atoms with Crippen LogP contribution in [0, 0.1) is 0 Å². The maximum atomic E-state index is 11.0. The second-order valence-electron chi connectivity index (χ2n) is 3.92. The van der Waals surface area contributed by atoms with Crippen molar-refractivity contribution in [2.24, 2.45) is 0 Å². The van der Waals surface area contributed by atoms with E-state index in [4.69, 9.17) is 10.8 Å². The molecule has 1 aliphatic rings. The van der Waals surface area contributed by atoms with Gasteiger partial charge in [-0.15, -0.1) is 24.8 Å². The number of nitrogen functional groups attached to an aromatic ring is 1. The van der Waals surface area contributed by atoms with Crippen molar-refractivity contribution in [2.45, 2.75) is 18.6 Å². The van der Waals surface area contributed by atoms with Gasteiger partial charge in [0, 0.05) is 17.9 Å². The number of anilines is 2. The molecule has 0 aliphatic carbocycles. The van der Waals surface area contributed by atoms with Gasteiger partial charge >= 0.3 is 5.97 Å². The van der Waals surface area contributed by atoms with Crippen LogP contribution in [-0.4, -0.2) is 34.9 Å². The third kappa shape index (κ3) is 3.19. The first kappa shape index (κ1) is 16.8. The Balaban J connectivity index is 0.00000144. The number of nitrogens with two attached hydrogens (primary N) is 1. The van der Waals surface area contributed by atoms with Crippen LogP contribution in [0.5, 0.6) is 0 Å². The number of carbonyl (C=O) groups is 1. The zero-order valence-electron chi connectivity index (χ0n) is 9.52. The van der Waals surface area contributed by atoms with E-state index in [1.54, 1.807) is 29.2 Å². The van der Waals surface area contributed by atoms with E-state index in [1.165, 1.54) is 0 Å². The molecule has 4 N–H and O–H groups in total. The van der Waals surface area contributed by atoms with E-state index in [-0.39, 0.29) is 24.8 Å². The van der Waals surface area contributed by atoms with Crippen molar-refractivity contribution in [3.05, 3.63) is 24.3 Å². The standard InChI is InChI=1S/C11H14N2O3.2ClH/c12-7-1-3-8(4-2-7)13-6-5-9(14)10(13)11(15)16;;/h1-4,9-10,14H,5-6,12H2,(H,15,16);2*1H. The molecule has 2 rings (SSSR count). The highest BCUT2D eigenvalue weighted by molar-refractivity contribution is 5.85. The lowest BCUT2D eigenvalue weighted by molar-refractivity contribution is -0.140. The molecule has 1 heterocycles. The fraction of sp³-hybridized carbons (Fsp3) is 0.364. The van der Waals surface area contributed by atoms with Crippen molar-refractivity contribution in [2.75, 3.05) is 17.2 Å². The quantitative estimate of drug-likeness (QED) is 0.712. The van der Waals surface area contributed by atoms with E-state index in [9.17, 15) is 9.90 Å². The number of aliphatic hydroxyl groups is 1. The van der Waals surface area contributed by atoms with E-state index in [0.29, 0.717) is 18.7 Å². The average molecular weight is 295 g/mol. The Labute approximate surface area is 117 Å². The molecular formula is C11H16Cl2N2O3. The zero-order chi connectivity index (χ0) is 11.7. The van der Waals surface area contributed by atoms with E-state index >= 15 is 0 Å². The summed E-state index contributed by atoms with van der Waals surface area (Å²) in [5.74, 6) is -0.998. The molecule has 0 amide bonds. The number of hydrogen-bond donors (Lipinski definition) is 3. The van der Waals surface area contributed by atoms with Crippen LogP contribution in [0.25, 0.3) is 0 Å². The van der Waals surface area contributed by atoms with Gasteiger partial charge in [-0.2, -0.15) is 0 Å². The van der Waals surface area contributed by atoms with Crippen LogP contribution in [-0.2, 0) is 4.79 Å². The third-order valence-electron chi connectivity index (χ3n) is 2.84. The molecule has 1 aromatic rings. The molecule has 1 saturated heterocycles. The van der Waals surface area contributed by atoms with E-state index < -0.39 is 18.1 Å². The normalized spacial score (nSPS) is 21.9. The summed E-state index contributed by atoms with van der Waals surface area (Å²) in [5.41, 5.74) is 6.97. The van der Waals surface area contributed by atoms with Crippen LogP contribution >= 0.6 is 24.8 Å². The Hall–Kier alpha value is -1.17. The molecule has 7 heteroatoms. The van der Waals surface area contributed by atoms with Gasteiger partial charge in [-0.05, 0) is 30.7 Å². The lowest BCUT2D eigenvalue weighted by Gasteiger charge is -2.24. The highest BCUT2D eigenvalue weighted by Gasteiger charge is 2.38. The molecule has 1 aliphatic heterocycles. The fourth-order valence-electron chi connectivity index (χ4n) is 2.03. The summed E-state index contributed by atoms with van der Waals surface area (Å²) in [7, 11) is 0. The molecule has 1 fully saturated rings. The third-order valence-corrected chi connectivity index (χ3v) is 2.84. The van der Waals surface area contributed by atoms with Crippen molar-refractivity contribution in [3.63, 3.8) is 0 Å². The Morgan fingerprint density at radius 3 is 2.33 bits per heavy atom. The molecule has 1 aromatic carbocycles. The predicted molar refractivity (Wildman–Crippen MR) is 74.7 cm³/mol. The Morgan fingerprint density at radius 2 is 1.83 bits per heavy atom. The van der Waals surface area contributed by atoms with Gasteiger partial charge in [0.05, 0.1) is 6.10 Å². The first-order valence-corrected chi connectivity index (χ1v) is 5.12. The highest BCUT2D eigenvalue weighted by Crippen LogP contribution is 2.26. The van der Waals surface area contributed by atoms with E-state index in [0.717, 1.165) is 5.69 Å². The maximum absolute atomic E-state index is 11.0. The summed E-state index contributed by atoms with van der Waals surface area (Å²) in [6, 6.07) is 6.12. The number of carboxylic acids is 1. The van der Waals surface area contributed by atoms with Gasteiger partial charge in [0.2, 0.25) is 0 Å². The molecule has 0 saturated carbocycles. The lowest BCUT2D eigenvalue weighted by atomic mass is 10.1. The maximum Gasteiger partial charge on any atom is 0.329 e. The number of rotatable bonds is 2. The highest BCUT2D eigenvalue weighted by atomic mass is 35.5. The van der Waals surface area contributed by atoms with Gasteiger partial charge in [-0.25, -0.2) is 4.79 Å². The van der Waals surface area contributed by atoms with Crippen molar-refractivity contribution in [1.29, 1.82) is 0 Å². The van der Waals surface area contributed by atoms with Gasteiger partial charge in [0.1, 0.15) is 0 Å². The van der Waals surface area contributed by atoms with Gasteiger partial charge < -0.3 is 20.8 Å². The molecule has 102 valence electrons. The molecule has 0 radical (unpaired) electrons. The van der Waals surface area contributed by atoms with Crippen molar-refractivity contribution in [3.8, 4) is 0 Å². The van der Waals surface area contributed by atoms with Crippen molar-refractivity contribution < 1.29 is 15.0 Å². The number of aliphatic carboxylic acids is 1. The second-order valence-corrected chi connectivity index (χ2v) is 3.92. The van der Waals surface area contributed by atoms with Crippen LogP contribution in [0.4, 0.5) is 11.4 Å². The van der Waals surface area contributed by atoms with E-state index in [2.05, 4.69) is 0 Å². The molecule has 0 spiro atoms. The minimum absolute atomic E-state index is 0. The first-order valence-electron chi connectivity index (χ1n) is 5.12. The fourth-order valence-corrected chi connectivity index (χ4v) is 2.03. The summed E-state index contributed by atoms with van der Waals surface area (Å²) in [6.45, 7) is 0.544. The molecule has 2 unspecified atom stereocenters. The zero-order valence-corrected chi connectivity index (χ0v) is 11.2. The topological polar surface area (TPSA) is 86.8 Å². The summed E-state index contributed by atoms with van der Waals surface area (Å²) >= 11 is 0. The molecule has 0 bridgehead atoms. The molecule has 2 atom stereocenters. The largest absolute Gasteiger partial charge is 0.480 e.